The smallest absolute Gasteiger partial charge is 0.00953 e. The summed E-state index contributed by atoms with van der Waals surface area (Å²) in [6.07, 6.45) is 12.6. The third-order valence-corrected chi connectivity index (χ3v) is 4.85. The summed E-state index contributed by atoms with van der Waals surface area (Å²) < 4.78 is 0. The van der Waals surface area contributed by atoms with Crippen LogP contribution in [0.1, 0.15) is 64.7 Å². The van der Waals surface area contributed by atoms with Gasteiger partial charge in [0.1, 0.15) is 0 Å². The van der Waals surface area contributed by atoms with Crippen LogP contribution in [0.15, 0.2) is 0 Å². The van der Waals surface area contributed by atoms with Crippen molar-refractivity contribution in [2.45, 2.75) is 76.8 Å². The zero-order valence-corrected chi connectivity index (χ0v) is 11.5. The molecule has 0 spiro atoms. The van der Waals surface area contributed by atoms with E-state index in [1.807, 2.05) is 0 Å². The lowest BCUT2D eigenvalue weighted by molar-refractivity contribution is 0.139. The maximum Gasteiger partial charge on any atom is 0.00953 e. The lowest BCUT2D eigenvalue weighted by Gasteiger charge is -2.36. The summed E-state index contributed by atoms with van der Waals surface area (Å²) in [5.41, 5.74) is 5.99. The fourth-order valence-corrected chi connectivity index (χ4v) is 3.71. The molecule has 2 unspecified atom stereocenters. The van der Waals surface area contributed by atoms with Crippen molar-refractivity contribution in [1.82, 2.24) is 4.90 Å². The molecule has 0 aromatic carbocycles. The first-order chi connectivity index (χ1) is 8.29. The first-order valence-electron chi connectivity index (χ1n) is 7.79. The summed E-state index contributed by atoms with van der Waals surface area (Å²) in [6.45, 7) is 4.84. The van der Waals surface area contributed by atoms with Gasteiger partial charge in [-0.15, -0.1) is 0 Å². The molecule has 2 fully saturated rings. The Bertz CT molecular complexity index is 209. The van der Waals surface area contributed by atoms with E-state index < -0.39 is 0 Å². The van der Waals surface area contributed by atoms with Gasteiger partial charge in [0.05, 0.1) is 0 Å². The second-order valence-corrected chi connectivity index (χ2v) is 6.19. The summed E-state index contributed by atoms with van der Waals surface area (Å²) in [4.78, 5) is 2.73. The molecule has 1 saturated heterocycles. The molecule has 0 aromatic heterocycles. The monoisotopic (exact) mass is 238 g/mol. The average molecular weight is 238 g/mol. The molecule has 1 aliphatic carbocycles. The van der Waals surface area contributed by atoms with Gasteiger partial charge in [-0.25, -0.2) is 0 Å². The third kappa shape index (κ3) is 3.96. The van der Waals surface area contributed by atoms with Crippen LogP contribution in [0.2, 0.25) is 0 Å². The van der Waals surface area contributed by atoms with Crippen molar-refractivity contribution in [3.05, 3.63) is 0 Å². The topological polar surface area (TPSA) is 29.3 Å². The van der Waals surface area contributed by atoms with Gasteiger partial charge in [-0.3, -0.25) is 0 Å². The molecule has 2 nitrogen and oxygen atoms in total. The highest BCUT2D eigenvalue weighted by molar-refractivity contribution is 4.82. The van der Waals surface area contributed by atoms with Gasteiger partial charge in [0, 0.05) is 12.1 Å². The predicted octanol–water partition coefficient (Wildman–Crippen LogP) is 3.16. The zero-order valence-electron chi connectivity index (χ0n) is 11.5. The summed E-state index contributed by atoms with van der Waals surface area (Å²) in [5.74, 6) is 1.03. The van der Waals surface area contributed by atoms with E-state index in [9.17, 15) is 0 Å². The van der Waals surface area contributed by atoms with E-state index >= 15 is 0 Å². The van der Waals surface area contributed by atoms with Crippen molar-refractivity contribution < 1.29 is 0 Å². The molecule has 100 valence electrons. The SMILES string of the molecule is CCCC1CCCC(N2CCC(N)CC2)CC1. The molecular formula is C15H30N2. The molecule has 2 aliphatic rings. The maximum absolute atomic E-state index is 5.99. The molecule has 1 saturated carbocycles. The van der Waals surface area contributed by atoms with Crippen molar-refractivity contribution >= 4 is 0 Å². The van der Waals surface area contributed by atoms with Crippen LogP contribution in [0.3, 0.4) is 0 Å². The minimum Gasteiger partial charge on any atom is -0.328 e. The summed E-state index contributed by atoms with van der Waals surface area (Å²) >= 11 is 0. The highest BCUT2D eigenvalue weighted by atomic mass is 15.2. The number of piperidine rings is 1. The second-order valence-electron chi connectivity index (χ2n) is 6.19. The van der Waals surface area contributed by atoms with E-state index in [0.29, 0.717) is 6.04 Å². The van der Waals surface area contributed by atoms with E-state index in [2.05, 4.69) is 11.8 Å². The van der Waals surface area contributed by atoms with Crippen molar-refractivity contribution in [3.63, 3.8) is 0 Å². The summed E-state index contributed by atoms with van der Waals surface area (Å²) in [6, 6.07) is 1.36. The zero-order chi connectivity index (χ0) is 12.1. The molecular weight excluding hydrogens is 208 g/mol. The van der Waals surface area contributed by atoms with E-state index in [-0.39, 0.29) is 0 Å². The molecule has 0 aromatic rings. The van der Waals surface area contributed by atoms with Crippen LogP contribution in [0.5, 0.6) is 0 Å². The number of nitrogens with two attached hydrogens (primary N) is 1. The van der Waals surface area contributed by atoms with Crippen LogP contribution in [-0.2, 0) is 0 Å². The van der Waals surface area contributed by atoms with Crippen molar-refractivity contribution in [2.75, 3.05) is 13.1 Å². The van der Waals surface area contributed by atoms with E-state index in [1.54, 1.807) is 0 Å². The fourth-order valence-electron chi connectivity index (χ4n) is 3.71. The largest absolute Gasteiger partial charge is 0.328 e. The van der Waals surface area contributed by atoms with Crippen LogP contribution >= 0.6 is 0 Å². The molecule has 2 rings (SSSR count). The van der Waals surface area contributed by atoms with E-state index in [4.69, 9.17) is 5.73 Å². The van der Waals surface area contributed by atoms with Gasteiger partial charge in [0.15, 0.2) is 0 Å². The number of likely N-dealkylation sites (tertiary alicyclic amines) is 1. The lowest BCUT2D eigenvalue weighted by Crippen LogP contribution is -2.44. The van der Waals surface area contributed by atoms with Gasteiger partial charge in [-0.1, -0.05) is 32.6 Å². The van der Waals surface area contributed by atoms with Crippen LogP contribution in [0.4, 0.5) is 0 Å². The normalized spacial score (nSPS) is 33.5. The Morgan fingerprint density at radius 1 is 1.00 bits per heavy atom. The van der Waals surface area contributed by atoms with Crippen molar-refractivity contribution in [2.24, 2.45) is 11.7 Å². The van der Waals surface area contributed by atoms with Crippen LogP contribution < -0.4 is 5.73 Å². The standard InChI is InChI=1S/C15H30N2/c1-2-4-13-5-3-6-15(8-7-13)17-11-9-14(16)10-12-17/h13-15H,2-12,16H2,1H3. The van der Waals surface area contributed by atoms with E-state index in [0.717, 1.165) is 12.0 Å². The number of hydrogen-bond acceptors (Lipinski definition) is 2. The molecule has 2 N–H and O–H groups in total. The molecule has 2 atom stereocenters. The van der Waals surface area contributed by atoms with Gasteiger partial charge >= 0.3 is 0 Å². The van der Waals surface area contributed by atoms with Crippen LogP contribution in [-0.4, -0.2) is 30.1 Å². The molecule has 0 bridgehead atoms. The Morgan fingerprint density at radius 2 is 1.76 bits per heavy atom. The van der Waals surface area contributed by atoms with Gasteiger partial charge < -0.3 is 10.6 Å². The Labute approximate surface area is 107 Å². The van der Waals surface area contributed by atoms with Gasteiger partial charge in [0.25, 0.3) is 0 Å². The Hall–Kier alpha value is -0.0800. The summed E-state index contributed by atoms with van der Waals surface area (Å²) in [5, 5.41) is 0. The fraction of sp³-hybridized carbons (Fsp3) is 1.00. The highest BCUT2D eigenvalue weighted by Crippen LogP contribution is 2.30. The predicted molar refractivity (Wildman–Crippen MR) is 74.1 cm³/mol. The van der Waals surface area contributed by atoms with Gasteiger partial charge in [0.2, 0.25) is 0 Å². The molecule has 0 amide bonds. The molecule has 17 heavy (non-hydrogen) atoms. The molecule has 0 radical (unpaired) electrons. The van der Waals surface area contributed by atoms with Crippen molar-refractivity contribution in [1.29, 1.82) is 0 Å². The van der Waals surface area contributed by atoms with Crippen molar-refractivity contribution in [3.8, 4) is 0 Å². The van der Waals surface area contributed by atoms with Gasteiger partial charge in [-0.2, -0.15) is 0 Å². The highest BCUT2D eigenvalue weighted by Gasteiger charge is 2.26. The Morgan fingerprint density at radius 3 is 2.47 bits per heavy atom. The average Bonchev–Trinajstić information content (AvgIpc) is 2.56. The quantitative estimate of drug-likeness (QED) is 0.765. The second kappa shape index (κ2) is 6.75. The minimum absolute atomic E-state index is 0.477. The Kier molecular flexibility index (Phi) is 5.30. The first kappa shape index (κ1) is 13.4. The molecule has 1 heterocycles. The number of nitrogens with zero attached hydrogens (tertiary/aromatic N) is 1. The Balaban J connectivity index is 1.78. The minimum atomic E-state index is 0.477. The van der Waals surface area contributed by atoms with Crippen LogP contribution in [0, 0.1) is 5.92 Å². The summed E-state index contributed by atoms with van der Waals surface area (Å²) in [7, 11) is 0. The third-order valence-electron chi connectivity index (χ3n) is 4.85. The number of rotatable bonds is 3. The van der Waals surface area contributed by atoms with E-state index in [1.165, 1.54) is 70.9 Å². The molecule has 2 heteroatoms. The first-order valence-corrected chi connectivity index (χ1v) is 7.79. The van der Waals surface area contributed by atoms with Crippen LogP contribution in [0.25, 0.3) is 0 Å². The lowest BCUT2D eigenvalue weighted by atomic mass is 9.95. The molecule has 1 aliphatic heterocycles. The number of hydrogen-bond donors (Lipinski definition) is 1. The maximum atomic E-state index is 5.99. The van der Waals surface area contributed by atoms with Gasteiger partial charge in [-0.05, 0) is 51.1 Å².